The minimum absolute atomic E-state index is 0.0731. The minimum atomic E-state index is -0.201. The van der Waals surface area contributed by atoms with E-state index in [9.17, 15) is 4.79 Å². The molecule has 1 fully saturated rings. The largest absolute Gasteiger partial charge is 0.351 e. The van der Waals surface area contributed by atoms with Gasteiger partial charge in [-0.3, -0.25) is 4.79 Å². The van der Waals surface area contributed by atoms with Crippen molar-refractivity contribution in [2.75, 3.05) is 6.54 Å². The number of hydrogen-bond acceptors (Lipinski definition) is 4. The van der Waals surface area contributed by atoms with Gasteiger partial charge in [-0.2, -0.15) is 5.10 Å². The number of nitrogens with one attached hydrogen (secondary N) is 2. The van der Waals surface area contributed by atoms with Crippen LogP contribution in [-0.2, 0) is 11.2 Å². The molecule has 0 aliphatic carbocycles. The number of aromatic nitrogens is 3. The van der Waals surface area contributed by atoms with Gasteiger partial charge in [-0.05, 0) is 66.0 Å². The van der Waals surface area contributed by atoms with E-state index in [1.807, 2.05) is 32.2 Å². The summed E-state index contributed by atoms with van der Waals surface area (Å²) in [6.07, 6.45) is 4.75. The van der Waals surface area contributed by atoms with Crippen molar-refractivity contribution in [3.8, 4) is 0 Å². The second-order valence-electron chi connectivity index (χ2n) is 8.40. The Labute approximate surface area is 155 Å². The molecule has 2 N–H and O–H groups in total. The predicted octanol–water partition coefficient (Wildman–Crippen LogP) is 3.01. The Balaban J connectivity index is 1.81. The lowest BCUT2D eigenvalue weighted by molar-refractivity contribution is -0.122. The average molecular weight is 358 g/mol. The fraction of sp³-hybridized carbons (Fsp3) is 0.650. The molecule has 26 heavy (non-hydrogen) atoms. The zero-order chi connectivity index (χ0) is 18.9. The molecular weight excluding hydrogens is 326 g/mol. The van der Waals surface area contributed by atoms with Crippen LogP contribution in [0.2, 0.25) is 0 Å². The first-order valence-electron chi connectivity index (χ1n) is 9.65. The summed E-state index contributed by atoms with van der Waals surface area (Å²) in [7, 11) is 0. The SMILES string of the molecule is Cc1nc2cc(C3CCCCN3)nn2c(C)c1CCC(=O)NC(C)(C)C. The van der Waals surface area contributed by atoms with Gasteiger partial charge in [-0.15, -0.1) is 0 Å². The number of hydrogen-bond donors (Lipinski definition) is 2. The molecule has 1 atom stereocenters. The Morgan fingerprint density at radius 3 is 2.77 bits per heavy atom. The molecule has 2 aromatic heterocycles. The van der Waals surface area contributed by atoms with Crippen molar-refractivity contribution in [2.24, 2.45) is 0 Å². The fourth-order valence-corrected chi connectivity index (χ4v) is 3.70. The summed E-state index contributed by atoms with van der Waals surface area (Å²) in [6.45, 7) is 11.1. The van der Waals surface area contributed by atoms with E-state index in [0.29, 0.717) is 18.9 Å². The number of aryl methyl sites for hydroxylation is 2. The molecule has 6 nitrogen and oxygen atoms in total. The van der Waals surface area contributed by atoms with Crippen LogP contribution in [0.3, 0.4) is 0 Å². The number of piperidine rings is 1. The molecule has 0 spiro atoms. The van der Waals surface area contributed by atoms with Crippen LogP contribution in [0.1, 0.15) is 75.1 Å². The van der Waals surface area contributed by atoms with Gasteiger partial charge in [-0.25, -0.2) is 9.50 Å². The van der Waals surface area contributed by atoms with Crippen LogP contribution < -0.4 is 10.6 Å². The van der Waals surface area contributed by atoms with Crippen LogP contribution in [-0.4, -0.2) is 32.6 Å². The summed E-state index contributed by atoms with van der Waals surface area (Å²) in [6, 6.07) is 2.42. The Bertz CT molecular complexity index is 797. The van der Waals surface area contributed by atoms with Gasteiger partial charge < -0.3 is 10.6 Å². The van der Waals surface area contributed by atoms with Crippen LogP contribution in [0.4, 0.5) is 0 Å². The van der Waals surface area contributed by atoms with Crippen LogP contribution in [0.5, 0.6) is 0 Å². The van der Waals surface area contributed by atoms with Gasteiger partial charge >= 0.3 is 0 Å². The predicted molar refractivity (Wildman–Crippen MR) is 103 cm³/mol. The van der Waals surface area contributed by atoms with Crippen LogP contribution >= 0.6 is 0 Å². The highest BCUT2D eigenvalue weighted by molar-refractivity contribution is 5.77. The number of nitrogens with zero attached hydrogens (tertiary/aromatic N) is 3. The number of carbonyl (C=O) groups excluding carboxylic acids is 1. The first-order chi connectivity index (χ1) is 12.2. The molecule has 1 unspecified atom stereocenters. The van der Waals surface area contributed by atoms with E-state index in [4.69, 9.17) is 10.1 Å². The monoisotopic (exact) mass is 357 g/mol. The number of rotatable bonds is 4. The van der Waals surface area contributed by atoms with Gasteiger partial charge in [0.1, 0.15) is 0 Å². The van der Waals surface area contributed by atoms with Gasteiger partial charge in [0.15, 0.2) is 5.65 Å². The van der Waals surface area contributed by atoms with Gasteiger partial charge in [-0.1, -0.05) is 6.42 Å². The third-order valence-corrected chi connectivity index (χ3v) is 4.97. The van der Waals surface area contributed by atoms with Crippen molar-refractivity contribution in [3.05, 3.63) is 28.7 Å². The summed E-state index contributed by atoms with van der Waals surface area (Å²) in [5.74, 6) is 0.0731. The van der Waals surface area contributed by atoms with E-state index in [1.54, 1.807) is 0 Å². The van der Waals surface area contributed by atoms with Crippen molar-refractivity contribution >= 4 is 11.6 Å². The molecule has 1 aliphatic rings. The third kappa shape index (κ3) is 4.23. The van der Waals surface area contributed by atoms with Crippen molar-refractivity contribution in [1.82, 2.24) is 25.2 Å². The molecule has 1 amide bonds. The maximum Gasteiger partial charge on any atom is 0.220 e. The molecule has 142 valence electrons. The van der Waals surface area contributed by atoms with E-state index in [-0.39, 0.29) is 11.4 Å². The zero-order valence-electron chi connectivity index (χ0n) is 16.6. The maximum atomic E-state index is 12.2. The third-order valence-electron chi connectivity index (χ3n) is 4.97. The quantitative estimate of drug-likeness (QED) is 0.882. The summed E-state index contributed by atoms with van der Waals surface area (Å²) in [5.41, 5.74) is 4.95. The second kappa shape index (κ2) is 7.35. The molecule has 0 radical (unpaired) electrons. The number of fused-ring (bicyclic) bond motifs is 1. The second-order valence-corrected chi connectivity index (χ2v) is 8.40. The molecule has 0 aromatic carbocycles. The Hall–Kier alpha value is -1.95. The number of carbonyl (C=O) groups is 1. The molecule has 3 heterocycles. The summed E-state index contributed by atoms with van der Waals surface area (Å²) >= 11 is 0. The smallest absolute Gasteiger partial charge is 0.220 e. The summed E-state index contributed by atoms with van der Waals surface area (Å²) in [4.78, 5) is 16.9. The van der Waals surface area contributed by atoms with Crippen molar-refractivity contribution in [2.45, 2.75) is 78.3 Å². The molecule has 1 saturated heterocycles. The van der Waals surface area contributed by atoms with Crippen LogP contribution in [0, 0.1) is 13.8 Å². The normalized spacial score (nSPS) is 18.3. The van der Waals surface area contributed by atoms with E-state index in [2.05, 4.69) is 23.6 Å². The van der Waals surface area contributed by atoms with E-state index in [1.165, 1.54) is 12.8 Å². The van der Waals surface area contributed by atoms with Gasteiger partial charge in [0.2, 0.25) is 5.91 Å². The van der Waals surface area contributed by atoms with E-state index >= 15 is 0 Å². The van der Waals surface area contributed by atoms with Crippen molar-refractivity contribution in [1.29, 1.82) is 0 Å². The highest BCUT2D eigenvalue weighted by Gasteiger charge is 2.20. The Morgan fingerprint density at radius 2 is 2.12 bits per heavy atom. The highest BCUT2D eigenvalue weighted by atomic mass is 16.1. The average Bonchev–Trinajstić information content (AvgIpc) is 2.98. The molecule has 0 saturated carbocycles. The van der Waals surface area contributed by atoms with Crippen molar-refractivity contribution < 1.29 is 4.79 Å². The Morgan fingerprint density at radius 1 is 1.35 bits per heavy atom. The zero-order valence-corrected chi connectivity index (χ0v) is 16.6. The first-order valence-corrected chi connectivity index (χ1v) is 9.65. The van der Waals surface area contributed by atoms with Crippen LogP contribution in [0.15, 0.2) is 6.07 Å². The van der Waals surface area contributed by atoms with E-state index in [0.717, 1.165) is 41.3 Å². The standard InChI is InChI=1S/C20H31N5O/c1-13-15(9-10-19(26)23-20(3,4)5)14(2)25-18(22-13)12-17(24-25)16-8-6-7-11-21-16/h12,16,21H,6-11H2,1-5H3,(H,23,26). The lowest BCUT2D eigenvalue weighted by Gasteiger charge is -2.21. The lowest BCUT2D eigenvalue weighted by atomic mass is 10.0. The molecule has 1 aliphatic heterocycles. The summed E-state index contributed by atoms with van der Waals surface area (Å²) < 4.78 is 1.94. The highest BCUT2D eigenvalue weighted by Crippen LogP contribution is 2.24. The molecule has 0 bridgehead atoms. The molecule has 3 rings (SSSR count). The van der Waals surface area contributed by atoms with Gasteiger partial charge in [0.05, 0.1) is 11.7 Å². The first kappa shape index (κ1) is 18.8. The van der Waals surface area contributed by atoms with Crippen LogP contribution in [0.25, 0.3) is 5.65 Å². The van der Waals surface area contributed by atoms with Crippen molar-refractivity contribution in [3.63, 3.8) is 0 Å². The Kier molecular flexibility index (Phi) is 5.32. The molecule has 6 heteroatoms. The van der Waals surface area contributed by atoms with E-state index < -0.39 is 0 Å². The summed E-state index contributed by atoms with van der Waals surface area (Å²) in [5, 5.41) is 11.4. The topological polar surface area (TPSA) is 71.3 Å². The molecule has 2 aromatic rings. The lowest BCUT2D eigenvalue weighted by Crippen LogP contribution is -2.40. The van der Waals surface area contributed by atoms with Gasteiger partial charge in [0, 0.05) is 29.4 Å². The van der Waals surface area contributed by atoms with Gasteiger partial charge in [0.25, 0.3) is 0 Å². The molecular formula is C20H31N5O. The fourth-order valence-electron chi connectivity index (χ4n) is 3.70. The number of amides is 1. The maximum absolute atomic E-state index is 12.2. The minimum Gasteiger partial charge on any atom is -0.351 e.